The topological polar surface area (TPSA) is 185 Å². The third-order valence-corrected chi connectivity index (χ3v) is 4.62. The van der Waals surface area contributed by atoms with E-state index in [2.05, 4.69) is 21.1 Å². The summed E-state index contributed by atoms with van der Waals surface area (Å²) in [6, 6.07) is -1.39. The standard InChI is InChI=1S/C15H28N4O8S/c1-3-26-14(22)8-11(15(23)27-4-2)19-28(24,25)7-5-6-17-13(21)10-18-12(20)9-16/h11,19H,3-10,16H2,1-2H3,(H,17,21)(H,18,20)/p+1. The molecule has 162 valence electrons. The van der Waals surface area contributed by atoms with Crippen molar-refractivity contribution in [2.75, 3.05) is 38.6 Å². The summed E-state index contributed by atoms with van der Waals surface area (Å²) in [5.74, 6) is -2.86. The largest absolute Gasteiger partial charge is 0.466 e. The number of quaternary nitrogens is 1. The Morgan fingerprint density at radius 3 is 2.21 bits per heavy atom. The van der Waals surface area contributed by atoms with Gasteiger partial charge in [0.15, 0.2) is 6.54 Å². The predicted octanol–water partition coefficient (Wildman–Crippen LogP) is -3.34. The van der Waals surface area contributed by atoms with Crippen molar-refractivity contribution in [2.45, 2.75) is 32.7 Å². The molecule has 0 heterocycles. The van der Waals surface area contributed by atoms with Crippen LogP contribution in [0.5, 0.6) is 0 Å². The van der Waals surface area contributed by atoms with Crippen LogP contribution in [-0.4, -0.2) is 76.8 Å². The number of carbonyl (C=O) groups excluding carboxylic acids is 4. The van der Waals surface area contributed by atoms with Gasteiger partial charge < -0.3 is 25.8 Å². The molecule has 1 unspecified atom stereocenters. The highest BCUT2D eigenvalue weighted by molar-refractivity contribution is 7.89. The SMILES string of the molecule is CCOC(=O)CC(NS(=O)(=O)CCCNC(=O)CNC(=O)C[NH3+])C(=O)OCC. The second-order valence-corrected chi connectivity index (χ2v) is 7.35. The van der Waals surface area contributed by atoms with Gasteiger partial charge in [0.25, 0.3) is 5.91 Å². The van der Waals surface area contributed by atoms with Crippen molar-refractivity contribution in [1.82, 2.24) is 15.4 Å². The predicted molar refractivity (Wildman–Crippen MR) is 97.0 cm³/mol. The van der Waals surface area contributed by atoms with Crippen LogP contribution in [0.25, 0.3) is 0 Å². The van der Waals surface area contributed by atoms with Gasteiger partial charge in [-0.1, -0.05) is 0 Å². The minimum Gasteiger partial charge on any atom is -0.466 e. The Morgan fingerprint density at radius 1 is 1.00 bits per heavy atom. The van der Waals surface area contributed by atoms with E-state index in [-0.39, 0.29) is 45.2 Å². The van der Waals surface area contributed by atoms with Crippen LogP contribution in [0.15, 0.2) is 0 Å². The molecular weight excluding hydrogens is 396 g/mol. The fourth-order valence-corrected chi connectivity index (χ4v) is 3.15. The van der Waals surface area contributed by atoms with Crippen LogP contribution in [0.3, 0.4) is 0 Å². The van der Waals surface area contributed by atoms with E-state index in [0.717, 1.165) is 0 Å². The van der Waals surface area contributed by atoms with Crippen LogP contribution in [-0.2, 0) is 38.7 Å². The van der Waals surface area contributed by atoms with E-state index < -0.39 is 46.1 Å². The lowest BCUT2D eigenvalue weighted by molar-refractivity contribution is -0.355. The highest BCUT2D eigenvalue weighted by Gasteiger charge is 2.28. The van der Waals surface area contributed by atoms with Gasteiger partial charge in [-0.05, 0) is 20.3 Å². The molecule has 6 N–H and O–H groups in total. The van der Waals surface area contributed by atoms with E-state index in [1.54, 1.807) is 13.8 Å². The molecule has 0 rings (SSSR count). The maximum atomic E-state index is 12.1. The fraction of sp³-hybridized carbons (Fsp3) is 0.733. The van der Waals surface area contributed by atoms with Gasteiger partial charge in [0.05, 0.1) is 31.9 Å². The highest BCUT2D eigenvalue weighted by Crippen LogP contribution is 2.02. The Labute approximate surface area is 163 Å². The number of sulfonamides is 1. The van der Waals surface area contributed by atoms with E-state index in [1.807, 2.05) is 0 Å². The summed E-state index contributed by atoms with van der Waals surface area (Å²) < 4.78 is 35.9. The molecule has 0 saturated carbocycles. The van der Waals surface area contributed by atoms with Gasteiger partial charge in [-0.2, -0.15) is 0 Å². The lowest BCUT2D eigenvalue weighted by Crippen LogP contribution is -2.58. The fourth-order valence-electron chi connectivity index (χ4n) is 1.90. The maximum absolute atomic E-state index is 12.1. The van der Waals surface area contributed by atoms with Gasteiger partial charge in [-0.15, -0.1) is 0 Å². The molecule has 28 heavy (non-hydrogen) atoms. The molecule has 0 saturated heterocycles. The first-order chi connectivity index (χ1) is 13.1. The Morgan fingerprint density at radius 2 is 1.64 bits per heavy atom. The van der Waals surface area contributed by atoms with E-state index in [9.17, 15) is 27.6 Å². The Balaban J connectivity index is 4.51. The van der Waals surface area contributed by atoms with Crippen LogP contribution in [0.1, 0.15) is 26.7 Å². The molecular formula is C15H29N4O8S+. The quantitative estimate of drug-likeness (QED) is 0.164. The third kappa shape index (κ3) is 12.2. The summed E-state index contributed by atoms with van der Waals surface area (Å²) in [5.41, 5.74) is 3.36. The first kappa shape index (κ1) is 25.8. The van der Waals surface area contributed by atoms with Crippen LogP contribution >= 0.6 is 0 Å². The third-order valence-electron chi connectivity index (χ3n) is 3.15. The van der Waals surface area contributed by atoms with Crippen LogP contribution in [0.4, 0.5) is 0 Å². The van der Waals surface area contributed by atoms with Crippen molar-refractivity contribution in [3.8, 4) is 0 Å². The number of nitrogens with one attached hydrogen (secondary N) is 3. The smallest absolute Gasteiger partial charge is 0.324 e. The number of amides is 2. The molecule has 0 spiro atoms. The summed E-state index contributed by atoms with van der Waals surface area (Å²) in [6.45, 7) is 3.07. The number of carbonyl (C=O) groups is 4. The summed E-state index contributed by atoms with van der Waals surface area (Å²) in [6.07, 6.45) is -0.437. The summed E-state index contributed by atoms with van der Waals surface area (Å²) in [7, 11) is -3.92. The molecule has 1 atom stereocenters. The first-order valence-corrected chi connectivity index (χ1v) is 10.4. The molecule has 0 aromatic heterocycles. The molecule has 0 aliphatic rings. The molecule has 0 aromatic carbocycles. The second-order valence-electron chi connectivity index (χ2n) is 5.48. The summed E-state index contributed by atoms with van der Waals surface area (Å²) in [4.78, 5) is 45.9. The lowest BCUT2D eigenvalue weighted by atomic mass is 10.2. The minimum atomic E-state index is -3.92. The van der Waals surface area contributed by atoms with Gasteiger partial charge in [0.2, 0.25) is 15.9 Å². The molecule has 0 bridgehead atoms. The average molecular weight is 425 g/mol. The first-order valence-electron chi connectivity index (χ1n) is 8.80. The van der Waals surface area contributed by atoms with Crippen LogP contribution in [0, 0.1) is 0 Å². The van der Waals surface area contributed by atoms with E-state index >= 15 is 0 Å². The molecule has 0 fully saturated rings. The van der Waals surface area contributed by atoms with Gasteiger partial charge in [0, 0.05) is 6.54 Å². The molecule has 2 amide bonds. The van der Waals surface area contributed by atoms with Crippen molar-refractivity contribution < 1.29 is 42.8 Å². The molecule has 0 aromatic rings. The Bertz CT molecular complexity index is 638. The van der Waals surface area contributed by atoms with Crippen molar-refractivity contribution in [1.29, 1.82) is 0 Å². The summed E-state index contributed by atoms with van der Waals surface area (Å²) in [5, 5.41) is 4.78. The number of hydrogen-bond acceptors (Lipinski definition) is 8. The van der Waals surface area contributed by atoms with Crippen molar-refractivity contribution in [3.63, 3.8) is 0 Å². The zero-order valence-corrected chi connectivity index (χ0v) is 16.9. The van der Waals surface area contributed by atoms with E-state index in [0.29, 0.717) is 0 Å². The Hall–Kier alpha value is -2.25. The van der Waals surface area contributed by atoms with Crippen molar-refractivity contribution in [2.24, 2.45) is 0 Å². The zero-order chi connectivity index (χ0) is 21.6. The molecule has 0 aliphatic carbocycles. The number of esters is 2. The van der Waals surface area contributed by atoms with E-state index in [1.165, 1.54) is 0 Å². The molecule has 0 aliphatic heterocycles. The molecule has 13 heteroatoms. The summed E-state index contributed by atoms with van der Waals surface area (Å²) >= 11 is 0. The maximum Gasteiger partial charge on any atom is 0.324 e. The van der Waals surface area contributed by atoms with Crippen LogP contribution < -0.4 is 21.1 Å². The average Bonchev–Trinajstić information content (AvgIpc) is 2.62. The monoisotopic (exact) mass is 425 g/mol. The molecule has 0 radical (unpaired) electrons. The number of rotatable bonds is 14. The second kappa shape index (κ2) is 13.8. The molecule has 12 nitrogen and oxygen atoms in total. The van der Waals surface area contributed by atoms with Crippen molar-refractivity contribution >= 4 is 33.8 Å². The van der Waals surface area contributed by atoms with Gasteiger partial charge >= 0.3 is 11.9 Å². The zero-order valence-electron chi connectivity index (χ0n) is 16.1. The minimum absolute atomic E-state index is 0.00459. The van der Waals surface area contributed by atoms with Gasteiger partial charge in [-0.25, -0.2) is 13.1 Å². The van der Waals surface area contributed by atoms with Gasteiger partial charge in [-0.3, -0.25) is 19.2 Å². The number of ether oxygens (including phenoxy) is 2. The highest BCUT2D eigenvalue weighted by atomic mass is 32.2. The van der Waals surface area contributed by atoms with Gasteiger partial charge in [0.1, 0.15) is 6.04 Å². The van der Waals surface area contributed by atoms with Crippen LogP contribution in [0.2, 0.25) is 0 Å². The Kier molecular flexibility index (Phi) is 12.7. The number of hydrogen-bond donors (Lipinski definition) is 4. The van der Waals surface area contributed by atoms with Crippen molar-refractivity contribution in [3.05, 3.63) is 0 Å². The van der Waals surface area contributed by atoms with E-state index in [4.69, 9.17) is 9.47 Å². The normalized spacial score (nSPS) is 12.0. The lowest BCUT2D eigenvalue weighted by Gasteiger charge is -2.16.